The normalized spacial score (nSPS) is 10.9. The Bertz CT molecular complexity index is 964. The monoisotopic (exact) mass is 368 g/mol. The number of aryl methyl sites for hydroxylation is 1. The predicted octanol–water partition coefficient (Wildman–Crippen LogP) is 3.58. The summed E-state index contributed by atoms with van der Waals surface area (Å²) in [5.41, 5.74) is 6.00. The predicted molar refractivity (Wildman–Crippen MR) is 101 cm³/mol. The van der Waals surface area contributed by atoms with E-state index in [-0.39, 0.29) is 17.3 Å². The zero-order valence-electron chi connectivity index (χ0n) is 15.1. The van der Waals surface area contributed by atoms with Gasteiger partial charge in [-0.25, -0.2) is 0 Å². The van der Waals surface area contributed by atoms with Gasteiger partial charge in [0.15, 0.2) is 5.78 Å². The Hall–Kier alpha value is -2.67. The van der Waals surface area contributed by atoms with Gasteiger partial charge in [0.05, 0.1) is 11.4 Å². The molecular weight excluding hydrogens is 348 g/mol. The van der Waals surface area contributed by atoms with Gasteiger partial charge >= 0.3 is 0 Å². The number of ketones is 1. The molecule has 0 atom stereocenters. The fourth-order valence-electron chi connectivity index (χ4n) is 2.73. The number of benzene rings is 2. The first-order valence-electron chi connectivity index (χ1n) is 8.19. The van der Waals surface area contributed by atoms with Crippen molar-refractivity contribution in [3.05, 3.63) is 58.1 Å². The average molecular weight is 368 g/mol. The van der Waals surface area contributed by atoms with Crippen LogP contribution < -0.4 is 0 Å². The van der Waals surface area contributed by atoms with Gasteiger partial charge < -0.3 is 5.11 Å². The lowest BCUT2D eigenvalue weighted by Gasteiger charge is -2.13. The summed E-state index contributed by atoms with van der Waals surface area (Å²) in [6.45, 7) is 8.14. The molecule has 0 bridgehead atoms. The molecule has 3 rings (SSSR count). The van der Waals surface area contributed by atoms with E-state index in [2.05, 4.69) is 22.4 Å². The van der Waals surface area contributed by atoms with Gasteiger partial charge in [-0.2, -0.15) is 4.68 Å². The van der Waals surface area contributed by atoms with Gasteiger partial charge in [-0.05, 0) is 90.7 Å². The van der Waals surface area contributed by atoms with Crippen LogP contribution in [0.5, 0.6) is 5.75 Å². The number of carbonyl (C=O) groups excluding carboxylic acids is 1. The van der Waals surface area contributed by atoms with Crippen LogP contribution in [0.4, 0.5) is 0 Å². The van der Waals surface area contributed by atoms with Gasteiger partial charge in [0.25, 0.3) is 0 Å². The van der Waals surface area contributed by atoms with Crippen molar-refractivity contribution in [3.63, 3.8) is 0 Å². The van der Waals surface area contributed by atoms with Gasteiger partial charge in [-0.3, -0.25) is 4.79 Å². The highest BCUT2D eigenvalue weighted by Crippen LogP contribution is 2.25. The smallest absolute Gasteiger partial charge is 0.214 e. The van der Waals surface area contributed by atoms with Crippen LogP contribution in [0.15, 0.2) is 35.5 Å². The minimum atomic E-state index is 0.0546. The van der Waals surface area contributed by atoms with E-state index in [0.29, 0.717) is 5.16 Å². The van der Waals surface area contributed by atoms with Gasteiger partial charge in [0.1, 0.15) is 5.75 Å². The standard InChI is InChI=1S/C19H20N4O2S/c1-11-9-17(14(4)13(3)12(11)2)18(25)10-26-19-20-21-22-23(19)15-5-7-16(24)8-6-15/h5-9,24H,10H2,1-4H3. The summed E-state index contributed by atoms with van der Waals surface area (Å²) in [5.74, 6) is 0.479. The van der Waals surface area contributed by atoms with Crippen molar-refractivity contribution in [1.82, 2.24) is 20.2 Å². The molecule has 1 N–H and O–H groups in total. The van der Waals surface area contributed by atoms with E-state index < -0.39 is 0 Å². The molecule has 0 amide bonds. The number of aromatic nitrogens is 4. The second-order valence-corrected chi connectivity index (χ2v) is 7.16. The van der Waals surface area contributed by atoms with E-state index in [1.807, 2.05) is 26.8 Å². The number of phenolic OH excluding ortho intramolecular Hbond substituents is 1. The number of thioether (sulfide) groups is 1. The molecular formula is C19H20N4O2S. The Labute approximate surface area is 156 Å². The van der Waals surface area contributed by atoms with Gasteiger partial charge in [0, 0.05) is 5.56 Å². The highest BCUT2D eigenvalue weighted by Gasteiger charge is 2.16. The van der Waals surface area contributed by atoms with E-state index >= 15 is 0 Å². The molecule has 134 valence electrons. The van der Waals surface area contributed by atoms with Crippen LogP contribution in [-0.2, 0) is 0 Å². The summed E-state index contributed by atoms with van der Waals surface area (Å²) in [6.07, 6.45) is 0. The molecule has 0 fully saturated rings. The third-order valence-electron chi connectivity index (χ3n) is 4.65. The fourth-order valence-corrected chi connectivity index (χ4v) is 3.51. The number of phenols is 1. The molecule has 26 heavy (non-hydrogen) atoms. The average Bonchev–Trinajstić information content (AvgIpc) is 3.10. The van der Waals surface area contributed by atoms with Crippen LogP contribution in [0.1, 0.15) is 32.6 Å². The zero-order chi connectivity index (χ0) is 18.8. The van der Waals surface area contributed by atoms with Crippen molar-refractivity contribution in [2.75, 3.05) is 5.75 Å². The van der Waals surface area contributed by atoms with Crippen molar-refractivity contribution >= 4 is 17.5 Å². The van der Waals surface area contributed by atoms with Gasteiger partial charge in [-0.1, -0.05) is 11.8 Å². The lowest BCUT2D eigenvalue weighted by molar-refractivity contribution is 0.102. The number of tetrazole rings is 1. The lowest BCUT2D eigenvalue weighted by atomic mass is 9.93. The van der Waals surface area contributed by atoms with Gasteiger partial charge in [0.2, 0.25) is 5.16 Å². The van der Waals surface area contributed by atoms with Crippen LogP contribution in [0.25, 0.3) is 5.69 Å². The molecule has 0 saturated heterocycles. The molecule has 0 spiro atoms. The van der Waals surface area contributed by atoms with Crippen molar-refractivity contribution < 1.29 is 9.90 Å². The molecule has 0 aliphatic rings. The highest BCUT2D eigenvalue weighted by atomic mass is 32.2. The van der Waals surface area contributed by atoms with Crippen LogP contribution >= 0.6 is 11.8 Å². The van der Waals surface area contributed by atoms with Crippen LogP contribution in [-0.4, -0.2) is 36.8 Å². The first kappa shape index (κ1) is 18.1. The topological polar surface area (TPSA) is 80.9 Å². The molecule has 3 aromatic rings. The Kier molecular flexibility index (Phi) is 5.08. The Morgan fingerprint density at radius 2 is 1.77 bits per heavy atom. The van der Waals surface area contributed by atoms with E-state index in [4.69, 9.17) is 0 Å². The third-order valence-corrected chi connectivity index (χ3v) is 5.57. The first-order valence-corrected chi connectivity index (χ1v) is 9.18. The molecule has 7 heteroatoms. The molecule has 1 heterocycles. The third kappa shape index (κ3) is 3.48. The molecule has 0 aliphatic carbocycles. The Morgan fingerprint density at radius 3 is 2.46 bits per heavy atom. The largest absolute Gasteiger partial charge is 0.508 e. The summed E-state index contributed by atoms with van der Waals surface area (Å²) in [5, 5.41) is 21.6. The number of Topliss-reactive ketones (excluding diaryl/α,β-unsaturated/α-hetero) is 1. The number of hydrogen-bond donors (Lipinski definition) is 1. The molecule has 0 saturated carbocycles. The van der Waals surface area contributed by atoms with E-state index in [1.54, 1.807) is 28.9 Å². The summed E-state index contributed by atoms with van der Waals surface area (Å²) in [7, 11) is 0. The summed E-state index contributed by atoms with van der Waals surface area (Å²) in [4.78, 5) is 12.7. The minimum absolute atomic E-state index is 0.0546. The maximum absolute atomic E-state index is 12.7. The summed E-state index contributed by atoms with van der Waals surface area (Å²) < 4.78 is 1.55. The molecule has 1 aromatic heterocycles. The second kappa shape index (κ2) is 7.29. The first-order chi connectivity index (χ1) is 12.4. The van der Waals surface area contributed by atoms with Crippen LogP contribution in [0.2, 0.25) is 0 Å². The number of hydrogen-bond acceptors (Lipinski definition) is 6. The maximum atomic E-state index is 12.7. The zero-order valence-corrected chi connectivity index (χ0v) is 16.0. The van der Waals surface area contributed by atoms with Crippen LogP contribution in [0, 0.1) is 27.7 Å². The van der Waals surface area contributed by atoms with Crippen molar-refractivity contribution in [2.45, 2.75) is 32.9 Å². The van der Waals surface area contributed by atoms with E-state index in [0.717, 1.165) is 27.9 Å². The quantitative estimate of drug-likeness (QED) is 0.548. The van der Waals surface area contributed by atoms with E-state index in [9.17, 15) is 9.90 Å². The molecule has 0 unspecified atom stereocenters. The number of carbonyl (C=O) groups is 1. The number of aromatic hydroxyl groups is 1. The number of nitrogens with zero attached hydrogens (tertiary/aromatic N) is 4. The molecule has 0 radical (unpaired) electrons. The van der Waals surface area contributed by atoms with Crippen LogP contribution in [0.3, 0.4) is 0 Å². The van der Waals surface area contributed by atoms with Gasteiger partial charge in [-0.15, -0.1) is 5.10 Å². The Balaban J connectivity index is 1.80. The van der Waals surface area contributed by atoms with E-state index in [1.165, 1.54) is 17.3 Å². The minimum Gasteiger partial charge on any atom is -0.508 e. The summed E-state index contributed by atoms with van der Waals surface area (Å²) in [6, 6.07) is 8.53. The van der Waals surface area contributed by atoms with Crippen molar-refractivity contribution in [3.8, 4) is 11.4 Å². The Morgan fingerprint density at radius 1 is 1.08 bits per heavy atom. The lowest BCUT2D eigenvalue weighted by Crippen LogP contribution is -2.09. The second-order valence-electron chi connectivity index (χ2n) is 6.22. The fraction of sp³-hybridized carbons (Fsp3) is 0.263. The molecule has 0 aliphatic heterocycles. The molecule has 6 nitrogen and oxygen atoms in total. The van der Waals surface area contributed by atoms with Crippen molar-refractivity contribution in [1.29, 1.82) is 0 Å². The highest BCUT2D eigenvalue weighted by molar-refractivity contribution is 7.99. The van der Waals surface area contributed by atoms with Crippen molar-refractivity contribution in [2.24, 2.45) is 0 Å². The SMILES string of the molecule is Cc1cc(C(=O)CSc2nnnn2-c2ccc(O)cc2)c(C)c(C)c1C. The maximum Gasteiger partial charge on any atom is 0.214 e. The summed E-state index contributed by atoms with van der Waals surface area (Å²) >= 11 is 1.30. The molecule has 2 aromatic carbocycles. The number of rotatable bonds is 5.